The number of oxazole rings is 1. The molecule has 0 amide bonds. The molecule has 0 saturated heterocycles. The molecule has 4 nitrogen and oxygen atoms in total. The minimum atomic E-state index is 0.723. The summed E-state index contributed by atoms with van der Waals surface area (Å²) in [5.74, 6) is 0.879. The Kier molecular flexibility index (Phi) is 3.11. The first kappa shape index (κ1) is 11.4. The molecule has 0 radical (unpaired) electrons. The van der Waals surface area contributed by atoms with Crippen LogP contribution in [0.4, 0.5) is 0 Å². The average molecular weight is 243 g/mol. The van der Waals surface area contributed by atoms with Gasteiger partial charge >= 0.3 is 0 Å². The number of aromatic nitrogens is 2. The maximum Gasteiger partial charge on any atom is 0.181 e. The van der Waals surface area contributed by atoms with Crippen molar-refractivity contribution in [3.63, 3.8) is 0 Å². The average Bonchev–Trinajstić information content (AvgIpc) is 2.98. The van der Waals surface area contributed by atoms with Gasteiger partial charge in [-0.3, -0.25) is 4.98 Å². The Morgan fingerprint density at radius 2 is 2.22 bits per heavy atom. The summed E-state index contributed by atoms with van der Waals surface area (Å²) in [6.07, 6.45) is 5.05. The summed E-state index contributed by atoms with van der Waals surface area (Å²) in [5, 5.41) is 3.35. The molecule has 1 aliphatic rings. The number of aryl methyl sites for hydroxylation is 3. The quantitative estimate of drug-likeness (QED) is 0.894. The Bertz CT molecular complexity index is 548. The van der Waals surface area contributed by atoms with Gasteiger partial charge in [0.25, 0.3) is 0 Å². The molecule has 0 saturated carbocycles. The van der Waals surface area contributed by atoms with Crippen molar-refractivity contribution in [3.8, 4) is 0 Å². The van der Waals surface area contributed by atoms with E-state index in [4.69, 9.17) is 4.42 Å². The zero-order valence-electron chi connectivity index (χ0n) is 10.6. The molecule has 1 N–H and O–H groups in total. The molecule has 0 atom stereocenters. The summed E-state index contributed by atoms with van der Waals surface area (Å²) >= 11 is 0. The first-order valence-electron chi connectivity index (χ1n) is 6.40. The number of nitrogens with zero attached hydrogens (tertiary/aromatic N) is 2. The largest absolute Gasteiger partial charge is 0.448 e. The molecule has 3 rings (SSSR count). The lowest BCUT2D eigenvalue weighted by atomic mass is 10.2. The summed E-state index contributed by atoms with van der Waals surface area (Å²) in [5.41, 5.74) is 4.78. The summed E-state index contributed by atoms with van der Waals surface area (Å²) in [4.78, 5) is 8.84. The van der Waals surface area contributed by atoms with Gasteiger partial charge < -0.3 is 9.73 Å². The molecular weight excluding hydrogens is 226 g/mol. The normalized spacial score (nSPS) is 13.8. The van der Waals surface area contributed by atoms with Gasteiger partial charge in [-0.05, 0) is 37.8 Å². The van der Waals surface area contributed by atoms with Crippen LogP contribution in [0.1, 0.15) is 34.8 Å². The number of hydrogen-bond donors (Lipinski definition) is 1. The molecule has 4 heteroatoms. The van der Waals surface area contributed by atoms with Crippen molar-refractivity contribution in [2.24, 2.45) is 0 Å². The van der Waals surface area contributed by atoms with E-state index >= 15 is 0 Å². The molecule has 2 aromatic rings. The third-order valence-electron chi connectivity index (χ3n) is 3.43. The predicted octanol–water partition coefficient (Wildman–Crippen LogP) is 2.16. The zero-order chi connectivity index (χ0) is 12.4. The zero-order valence-corrected chi connectivity index (χ0v) is 10.6. The third kappa shape index (κ3) is 2.29. The van der Waals surface area contributed by atoms with Gasteiger partial charge in [-0.2, -0.15) is 0 Å². The highest BCUT2D eigenvalue weighted by Gasteiger charge is 2.12. The van der Waals surface area contributed by atoms with Gasteiger partial charge in [-0.25, -0.2) is 4.98 Å². The van der Waals surface area contributed by atoms with Crippen molar-refractivity contribution in [1.82, 2.24) is 15.3 Å². The molecule has 0 unspecified atom stereocenters. The predicted molar refractivity (Wildman–Crippen MR) is 68.0 cm³/mol. The highest BCUT2D eigenvalue weighted by molar-refractivity contribution is 5.27. The van der Waals surface area contributed by atoms with Crippen molar-refractivity contribution in [2.45, 2.75) is 39.3 Å². The van der Waals surface area contributed by atoms with Gasteiger partial charge in [0.1, 0.15) is 5.76 Å². The third-order valence-corrected chi connectivity index (χ3v) is 3.43. The van der Waals surface area contributed by atoms with Crippen molar-refractivity contribution >= 4 is 0 Å². The molecule has 0 bridgehead atoms. The van der Waals surface area contributed by atoms with Crippen LogP contribution in [0.2, 0.25) is 0 Å². The molecule has 1 aliphatic carbocycles. The SMILES string of the molecule is Cc1ocnc1CNCc1ccc2c(n1)CCC2. The minimum Gasteiger partial charge on any atom is -0.448 e. The monoisotopic (exact) mass is 243 g/mol. The Balaban J connectivity index is 1.59. The lowest BCUT2D eigenvalue weighted by Crippen LogP contribution is -2.15. The Labute approximate surface area is 106 Å². The summed E-state index contributed by atoms with van der Waals surface area (Å²) < 4.78 is 5.16. The van der Waals surface area contributed by atoms with E-state index in [-0.39, 0.29) is 0 Å². The van der Waals surface area contributed by atoms with Gasteiger partial charge in [0.2, 0.25) is 0 Å². The topological polar surface area (TPSA) is 51.0 Å². The Hall–Kier alpha value is -1.68. The fraction of sp³-hybridized carbons (Fsp3) is 0.429. The van der Waals surface area contributed by atoms with Gasteiger partial charge in [-0.1, -0.05) is 6.07 Å². The van der Waals surface area contributed by atoms with Crippen LogP contribution in [0, 0.1) is 6.92 Å². The van der Waals surface area contributed by atoms with Crippen LogP contribution < -0.4 is 5.32 Å². The number of hydrogen-bond acceptors (Lipinski definition) is 4. The fourth-order valence-corrected chi connectivity index (χ4v) is 2.37. The molecule has 0 spiro atoms. The van der Waals surface area contributed by atoms with Gasteiger partial charge in [0.15, 0.2) is 6.39 Å². The van der Waals surface area contributed by atoms with Crippen LogP contribution in [-0.4, -0.2) is 9.97 Å². The first-order chi connectivity index (χ1) is 8.83. The highest BCUT2D eigenvalue weighted by Crippen LogP contribution is 2.19. The van der Waals surface area contributed by atoms with Crippen LogP contribution in [-0.2, 0) is 25.9 Å². The summed E-state index contributed by atoms with van der Waals surface area (Å²) in [7, 11) is 0. The maximum atomic E-state index is 5.16. The van der Waals surface area contributed by atoms with E-state index in [0.717, 1.165) is 36.7 Å². The number of nitrogens with one attached hydrogen (secondary N) is 1. The lowest BCUT2D eigenvalue weighted by Gasteiger charge is -2.05. The van der Waals surface area contributed by atoms with E-state index in [2.05, 4.69) is 27.4 Å². The molecule has 18 heavy (non-hydrogen) atoms. The second-order valence-corrected chi connectivity index (χ2v) is 4.72. The van der Waals surface area contributed by atoms with E-state index in [0.29, 0.717) is 0 Å². The van der Waals surface area contributed by atoms with E-state index in [1.54, 1.807) is 0 Å². The van der Waals surface area contributed by atoms with Gasteiger partial charge in [-0.15, -0.1) is 0 Å². The summed E-state index contributed by atoms with van der Waals surface area (Å²) in [6.45, 7) is 3.43. The molecule has 0 fully saturated rings. The van der Waals surface area contributed by atoms with E-state index in [1.807, 2.05) is 6.92 Å². The highest BCUT2D eigenvalue weighted by atomic mass is 16.3. The van der Waals surface area contributed by atoms with Gasteiger partial charge in [0, 0.05) is 18.8 Å². The number of rotatable bonds is 4. The molecule has 0 aliphatic heterocycles. The lowest BCUT2D eigenvalue weighted by molar-refractivity contribution is 0.522. The molecule has 2 aromatic heterocycles. The fourth-order valence-electron chi connectivity index (χ4n) is 2.37. The Morgan fingerprint density at radius 3 is 3.06 bits per heavy atom. The van der Waals surface area contributed by atoms with Gasteiger partial charge in [0.05, 0.1) is 11.4 Å². The van der Waals surface area contributed by atoms with Crippen molar-refractivity contribution < 1.29 is 4.42 Å². The van der Waals surface area contributed by atoms with Crippen LogP contribution in [0.5, 0.6) is 0 Å². The molecule has 0 aromatic carbocycles. The second kappa shape index (κ2) is 4.90. The van der Waals surface area contributed by atoms with Crippen LogP contribution in [0.25, 0.3) is 0 Å². The van der Waals surface area contributed by atoms with Crippen LogP contribution >= 0.6 is 0 Å². The Morgan fingerprint density at radius 1 is 1.28 bits per heavy atom. The van der Waals surface area contributed by atoms with E-state index < -0.39 is 0 Å². The standard InChI is InChI=1S/C14H17N3O/c1-10-14(16-9-18-10)8-15-7-12-6-5-11-3-2-4-13(11)17-12/h5-6,9,15H,2-4,7-8H2,1H3. The van der Waals surface area contributed by atoms with Crippen molar-refractivity contribution in [3.05, 3.63) is 46.9 Å². The van der Waals surface area contributed by atoms with E-state index in [9.17, 15) is 0 Å². The number of fused-ring (bicyclic) bond motifs is 1. The maximum absolute atomic E-state index is 5.16. The van der Waals surface area contributed by atoms with Crippen molar-refractivity contribution in [2.75, 3.05) is 0 Å². The molecular formula is C14H17N3O. The van der Waals surface area contributed by atoms with Crippen molar-refractivity contribution in [1.29, 1.82) is 0 Å². The van der Waals surface area contributed by atoms with Crippen LogP contribution in [0.3, 0.4) is 0 Å². The number of pyridine rings is 1. The molecule has 2 heterocycles. The summed E-state index contributed by atoms with van der Waals surface area (Å²) in [6, 6.07) is 4.33. The van der Waals surface area contributed by atoms with E-state index in [1.165, 1.54) is 30.5 Å². The molecule has 94 valence electrons. The minimum absolute atomic E-state index is 0.723. The second-order valence-electron chi connectivity index (χ2n) is 4.72. The first-order valence-corrected chi connectivity index (χ1v) is 6.40. The van der Waals surface area contributed by atoms with Crippen LogP contribution in [0.15, 0.2) is 22.9 Å². The smallest absolute Gasteiger partial charge is 0.181 e.